The number of esters is 2. The van der Waals surface area contributed by atoms with E-state index >= 15 is 0 Å². The fourth-order valence-electron chi connectivity index (χ4n) is 9.74. The molecule has 1 aromatic heterocycles. The summed E-state index contributed by atoms with van der Waals surface area (Å²) in [6.07, 6.45) is 4.87. The highest BCUT2D eigenvalue weighted by Gasteiger charge is 2.30. The summed E-state index contributed by atoms with van der Waals surface area (Å²) in [5.41, 5.74) is 6.27. The molecule has 2 aliphatic rings. The number of likely N-dealkylation sites (tertiary alicyclic amines) is 1. The number of amidine groups is 1. The third-order valence-corrected chi connectivity index (χ3v) is 15.6. The first-order valence-electron chi connectivity index (χ1n) is 36.9. The molecule has 3 rings (SSSR count). The van der Waals surface area contributed by atoms with Crippen LogP contribution >= 0.6 is 11.3 Å². The van der Waals surface area contributed by atoms with Gasteiger partial charge in [0.05, 0.1) is 287 Å². The van der Waals surface area contributed by atoms with Crippen LogP contribution in [0.1, 0.15) is 90.3 Å². The largest absolute Gasteiger partial charge is 0.460 e. The minimum Gasteiger partial charge on any atom is -0.460 e. The van der Waals surface area contributed by atoms with Gasteiger partial charge in [-0.25, -0.2) is 10.1 Å². The highest BCUT2D eigenvalue weighted by Crippen LogP contribution is 2.37. The number of rotatable bonds is 75. The summed E-state index contributed by atoms with van der Waals surface area (Å²) in [7, 11) is 0. The Hall–Kier alpha value is -3.89. The molecule has 2 N–H and O–H groups in total. The van der Waals surface area contributed by atoms with E-state index < -0.39 is 23.3 Å². The van der Waals surface area contributed by atoms with Gasteiger partial charge in [-0.1, -0.05) is 6.92 Å². The molecule has 0 spiro atoms. The fraction of sp³-hybridized carbons (Fsp3) is 0.847. The Morgan fingerprint density at radius 3 is 1.33 bits per heavy atom. The van der Waals surface area contributed by atoms with Crippen molar-refractivity contribution in [3.63, 3.8) is 0 Å². The van der Waals surface area contributed by atoms with Crippen LogP contribution in [0.25, 0.3) is 6.08 Å². The molecule has 604 valence electrons. The standard InChI is InChI=1S/C72H128N4O27S/c1-8-12-76(101-9-2)70(80)62-54-66-65(74-67(73)55-62)56-64(104-66)53-61-58-75(59-61)13-17-83-21-25-87-29-33-96-47-48-98-51-52-100-63(60-99-50-49-97-46-45-95-32-28-85-23-19-81-15-10-68(78)102-71(3,4)5)57-72(6,7)103-69(79)11-16-82-20-24-86-27-31-89-35-37-91-39-41-93-43-44-94-42-40-92-38-36-90-34-30-88-26-22-84-18-14-77/h14,54,56,61,63H,8-13,15-53,55,57-60H2,1-7H3,(H2,73,74). The van der Waals surface area contributed by atoms with Crippen molar-refractivity contribution in [2.24, 2.45) is 16.6 Å². The van der Waals surface area contributed by atoms with Crippen LogP contribution in [0.3, 0.4) is 0 Å². The van der Waals surface area contributed by atoms with Crippen LogP contribution in [0.2, 0.25) is 0 Å². The Labute approximate surface area is 621 Å². The van der Waals surface area contributed by atoms with Gasteiger partial charge in [0.2, 0.25) is 0 Å². The van der Waals surface area contributed by atoms with Crippen LogP contribution in [-0.4, -0.2) is 348 Å². The number of hydroxylamine groups is 2. The van der Waals surface area contributed by atoms with E-state index in [1.165, 1.54) is 9.94 Å². The van der Waals surface area contributed by atoms with Gasteiger partial charge in [0, 0.05) is 49.5 Å². The number of aldehydes is 1. The van der Waals surface area contributed by atoms with Gasteiger partial charge in [0.15, 0.2) is 0 Å². The molecule has 0 bridgehead atoms. The van der Waals surface area contributed by atoms with E-state index in [-0.39, 0.29) is 57.8 Å². The second-order valence-corrected chi connectivity index (χ2v) is 26.5. The number of hydrogen-bond acceptors (Lipinski definition) is 31. The third kappa shape index (κ3) is 53.8. The Balaban J connectivity index is 1.19. The molecule has 1 fully saturated rings. The molecular weight excluding hydrogens is 1380 g/mol. The highest BCUT2D eigenvalue weighted by atomic mass is 32.1. The lowest BCUT2D eigenvalue weighted by Gasteiger charge is -2.39. The Bertz CT molecular complexity index is 2320. The van der Waals surface area contributed by atoms with Crippen LogP contribution in [0, 0.1) is 5.92 Å². The monoisotopic (exact) mass is 1510 g/mol. The number of hydrogen-bond donors (Lipinski definition) is 1. The number of carbonyl (C=O) groups excluding carboxylic acids is 4. The van der Waals surface area contributed by atoms with E-state index in [1.54, 1.807) is 11.3 Å². The second kappa shape index (κ2) is 64.0. The summed E-state index contributed by atoms with van der Waals surface area (Å²) in [5.74, 6) is 0.111. The quantitative estimate of drug-likeness (QED) is 0.0391. The third-order valence-electron chi connectivity index (χ3n) is 14.5. The van der Waals surface area contributed by atoms with Crippen molar-refractivity contribution < 1.29 is 128 Å². The number of carbonyl (C=O) groups is 4. The summed E-state index contributed by atoms with van der Waals surface area (Å²) < 4.78 is 123. The zero-order valence-corrected chi connectivity index (χ0v) is 64.4. The summed E-state index contributed by atoms with van der Waals surface area (Å²) >= 11 is 1.68. The van der Waals surface area contributed by atoms with E-state index in [0.717, 1.165) is 43.0 Å². The predicted molar refractivity (Wildman–Crippen MR) is 387 cm³/mol. The average molecular weight is 1510 g/mol. The van der Waals surface area contributed by atoms with Gasteiger partial charge in [0.25, 0.3) is 5.91 Å². The average Bonchev–Trinajstić information content (AvgIpc) is 1.66. The Morgan fingerprint density at radius 2 is 0.923 bits per heavy atom. The summed E-state index contributed by atoms with van der Waals surface area (Å²) in [5, 5.41) is 1.43. The molecule has 2 aliphatic heterocycles. The molecule has 1 amide bonds. The second-order valence-electron chi connectivity index (χ2n) is 25.3. The molecular formula is C72H128N4O27S. The van der Waals surface area contributed by atoms with E-state index in [1.807, 2.05) is 54.5 Å². The van der Waals surface area contributed by atoms with Crippen molar-refractivity contribution in [1.29, 1.82) is 0 Å². The number of thiophene rings is 1. The molecule has 32 heteroatoms. The molecule has 31 nitrogen and oxygen atoms in total. The molecule has 1 atom stereocenters. The number of nitrogens with zero attached hydrogens (tertiary/aromatic N) is 3. The van der Waals surface area contributed by atoms with Crippen molar-refractivity contribution in [3.8, 4) is 0 Å². The van der Waals surface area contributed by atoms with Crippen molar-refractivity contribution in [3.05, 3.63) is 21.4 Å². The first kappa shape index (κ1) is 94.3. The fourth-order valence-corrected chi connectivity index (χ4v) is 10.9. The zero-order chi connectivity index (χ0) is 75.1. The maximum atomic E-state index is 13.3. The lowest BCUT2D eigenvalue weighted by molar-refractivity contribution is -0.180. The van der Waals surface area contributed by atoms with Gasteiger partial charge in [-0.05, 0) is 72.4 Å². The molecule has 1 saturated heterocycles. The normalized spacial score (nSPS) is 13.9. The summed E-state index contributed by atoms with van der Waals surface area (Å²) in [6, 6.07) is 2.11. The molecule has 0 radical (unpaired) electrons. The van der Waals surface area contributed by atoms with Crippen LogP contribution < -0.4 is 5.73 Å². The van der Waals surface area contributed by atoms with E-state index in [9.17, 15) is 19.2 Å². The van der Waals surface area contributed by atoms with Gasteiger partial charge in [0.1, 0.15) is 29.9 Å². The number of nitrogens with two attached hydrogens (primary N) is 1. The molecule has 1 unspecified atom stereocenters. The number of aliphatic imine (C=N–C) groups is 1. The molecule has 0 saturated carbocycles. The van der Waals surface area contributed by atoms with Crippen molar-refractivity contribution >= 4 is 53.1 Å². The Morgan fingerprint density at radius 1 is 0.538 bits per heavy atom. The molecule has 0 aliphatic carbocycles. The minimum atomic E-state index is -0.877. The van der Waals surface area contributed by atoms with E-state index in [2.05, 4.69) is 16.0 Å². The van der Waals surface area contributed by atoms with E-state index in [4.69, 9.17) is 115 Å². The smallest absolute Gasteiger partial charge is 0.308 e. The van der Waals surface area contributed by atoms with Crippen molar-refractivity contribution in [2.75, 3.05) is 290 Å². The molecule has 1 aromatic rings. The van der Waals surface area contributed by atoms with Crippen molar-refractivity contribution in [2.45, 2.75) is 104 Å². The lowest BCUT2D eigenvalue weighted by atomic mass is 9.95. The maximum Gasteiger partial charge on any atom is 0.308 e. The topological polar surface area (TPSA) is 325 Å². The number of amides is 1. The van der Waals surface area contributed by atoms with Gasteiger partial charge in [-0.2, -0.15) is 0 Å². The number of fused-ring (bicyclic) bond motifs is 1. The molecule has 3 heterocycles. The van der Waals surface area contributed by atoms with Crippen LogP contribution in [0.5, 0.6) is 0 Å². The highest BCUT2D eigenvalue weighted by molar-refractivity contribution is 7.13. The predicted octanol–water partition coefficient (Wildman–Crippen LogP) is 4.92. The van der Waals surface area contributed by atoms with Crippen molar-refractivity contribution in [1.82, 2.24) is 9.96 Å². The van der Waals surface area contributed by atoms with Gasteiger partial charge >= 0.3 is 11.9 Å². The Kier molecular flexibility index (Phi) is 58.0. The van der Waals surface area contributed by atoms with Crippen LogP contribution in [0.15, 0.2) is 16.6 Å². The van der Waals surface area contributed by atoms with Gasteiger partial charge < -0.3 is 120 Å². The summed E-state index contributed by atoms with van der Waals surface area (Å²) in [6.45, 7) is 32.1. The number of ether oxygens (including phenoxy) is 22. The maximum absolute atomic E-state index is 13.3. The summed E-state index contributed by atoms with van der Waals surface area (Å²) in [4.78, 5) is 63.0. The van der Waals surface area contributed by atoms with E-state index in [0.29, 0.717) is 274 Å². The SMILES string of the molecule is CCCN(OCC)C(=O)C1=Cc2sc(CC3CN(CCOCCOCCOCCOCCOC(COCCOCCOCCOCCOCCC(=O)OC(C)(C)C)CC(C)(C)OC(=O)CCOCCOCCOCCOCCOCCOCCOCCOCCOCCOCC=O)C3)cc2N=C(N)C1. The van der Waals surface area contributed by atoms with Crippen LogP contribution in [-0.2, 0) is 135 Å². The zero-order valence-electron chi connectivity index (χ0n) is 63.6. The van der Waals surface area contributed by atoms with Crippen LogP contribution in [0.4, 0.5) is 5.69 Å². The molecule has 0 aromatic carbocycles. The van der Waals surface area contributed by atoms with Gasteiger partial charge in [-0.15, -0.1) is 11.3 Å². The first-order chi connectivity index (χ1) is 50.6. The minimum absolute atomic E-state index is 0.0677. The van der Waals surface area contributed by atoms with Gasteiger partial charge in [-0.3, -0.25) is 19.2 Å². The first-order valence-corrected chi connectivity index (χ1v) is 37.7. The lowest BCUT2D eigenvalue weighted by Crippen LogP contribution is -2.48. The molecule has 104 heavy (non-hydrogen) atoms.